The molecule has 0 fully saturated rings. The zero-order chi connectivity index (χ0) is 63.1. The van der Waals surface area contributed by atoms with Crippen molar-refractivity contribution in [2.45, 2.75) is 24.5 Å². The smallest absolute Gasteiger partial charge is 0.208 e. The zero-order valence-electron chi connectivity index (χ0n) is 43.7. The molecule has 0 spiro atoms. The molecule has 0 aliphatic rings. The quantitative estimate of drug-likeness (QED) is 0.0377. The fourth-order valence-electron chi connectivity index (χ4n) is 9.80. The fourth-order valence-corrected chi connectivity index (χ4v) is 12.9. The Morgan fingerprint density at radius 2 is 0.575 bits per heavy atom. The van der Waals surface area contributed by atoms with E-state index in [0.29, 0.717) is 0 Å². The van der Waals surface area contributed by atoms with Gasteiger partial charge in [0.2, 0.25) is 4.90 Å². The first-order valence-electron chi connectivity index (χ1n) is 24.7. The molecule has 1 atom stereocenters. The average molecular weight is 1260 g/mol. The normalized spacial score (nSPS) is 11.8. The molecule has 87 heavy (non-hydrogen) atoms. The van der Waals surface area contributed by atoms with Crippen molar-refractivity contribution in [2.24, 2.45) is 0 Å². The first kappa shape index (κ1) is 62.7. The van der Waals surface area contributed by atoms with E-state index in [4.69, 9.17) is 9.47 Å². The monoisotopic (exact) mass is 1260 g/mol. The van der Waals surface area contributed by atoms with Crippen molar-refractivity contribution in [1.82, 2.24) is 0 Å². The van der Waals surface area contributed by atoms with Crippen LogP contribution in [0.5, 0.6) is 11.5 Å². The van der Waals surface area contributed by atoms with Gasteiger partial charge >= 0.3 is 0 Å². The van der Waals surface area contributed by atoms with E-state index in [2.05, 4.69) is 127 Å². The molecule has 10 rings (SSSR count). The summed E-state index contributed by atoms with van der Waals surface area (Å²) in [7, 11) is 3.09. The van der Waals surface area contributed by atoms with Gasteiger partial charge < -0.3 is 9.47 Å². The van der Waals surface area contributed by atoms with E-state index >= 15 is 35.1 Å². The molecule has 0 aliphatic carbocycles. The molecule has 0 N–H and O–H groups in total. The molecule has 0 bridgehead atoms. The SMILES string of the molecule is COc1cc([S+](c2ccc(-c3ccccc3)cc2)c2ccccc2OC)ccc1Sc1ccc(-c2ccccc2)cc1.Fc1c(F)c(F)c([B-](c2c(F)c(F)c(F)c(F)c2F)(c2c(F)c(F)c(F)c(F)c2F)c2c(F)c(F)c(F)c(F)c2F)c(F)c1F. The molecule has 0 heterocycles. The Hall–Kier alpha value is -8.84. The van der Waals surface area contributed by atoms with Crippen molar-refractivity contribution in [3.63, 3.8) is 0 Å². The Morgan fingerprint density at radius 3 is 0.920 bits per heavy atom. The van der Waals surface area contributed by atoms with E-state index in [1.807, 2.05) is 24.3 Å². The van der Waals surface area contributed by atoms with Crippen LogP contribution in [-0.2, 0) is 10.9 Å². The lowest BCUT2D eigenvalue weighted by atomic mass is 9.12. The second-order valence-electron chi connectivity index (χ2n) is 18.5. The largest absolute Gasteiger partial charge is 0.495 e. The molecule has 25 heteroatoms. The van der Waals surface area contributed by atoms with Gasteiger partial charge in [0.05, 0.1) is 19.1 Å². The van der Waals surface area contributed by atoms with Gasteiger partial charge in [0, 0.05) is 11.0 Å². The van der Waals surface area contributed by atoms with Crippen LogP contribution in [-0.4, -0.2) is 20.4 Å². The zero-order valence-corrected chi connectivity index (χ0v) is 45.3. The van der Waals surface area contributed by atoms with Gasteiger partial charge in [0.1, 0.15) is 69.3 Å². The highest BCUT2D eigenvalue weighted by molar-refractivity contribution is 7.99. The van der Waals surface area contributed by atoms with Crippen LogP contribution in [0.1, 0.15) is 0 Å². The maximum Gasteiger partial charge on any atom is 0.208 e. The summed E-state index contributed by atoms with van der Waals surface area (Å²) in [4.78, 5) is 5.79. The molecule has 0 saturated heterocycles. The molecule has 0 saturated carbocycles. The van der Waals surface area contributed by atoms with Crippen molar-refractivity contribution < 1.29 is 97.3 Å². The third-order valence-corrected chi connectivity index (χ3v) is 17.1. The summed E-state index contributed by atoms with van der Waals surface area (Å²) in [6.07, 6.45) is -7.22. The Balaban J connectivity index is 0.000000208. The highest BCUT2D eigenvalue weighted by Crippen LogP contribution is 2.43. The molecular formula is C62H31BF20O2S2. The standard InChI is InChI=1S/C38H31O2S2.C24BF20/c1-39-35-15-9-10-16-38(35)42(33-23-19-31(20-24-33)29-13-7-4-8-14-29)34-25-26-37(36(27-34)40-2)41-32-21-17-30(18-22-32)28-11-5-3-6-12-28;26-5-1(6(27)14(35)21(42)13(5)34)25(2-7(28)15(36)22(43)16(37)8(2)29,3-9(30)17(38)23(44)18(39)10(3)31)4-11(32)19(40)24(45)20(41)12(4)33/h3-27H,1-2H3;/q+1;-1. The van der Waals surface area contributed by atoms with Crippen molar-refractivity contribution in [3.05, 3.63) is 268 Å². The number of hydrogen-bond donors (Lipinski definition) is 0. The summed E-state index contributed by atoms with van der Waals surface area (Å²) in [6, 6.07) is 53.4. The molecule has 0 aromatic heterocycles. The summed E-state index contributed by atoms with van der Waals surface area (Å²) in [5.74, 6) is -69.7. The maximum atomic E-state index is 15.4. The predicted molar refractivity (Wildman–Crippen MR) is 285 cm³/mol. The van der Waals surface area contributed by atoms with Crippen LogP contribution >= 0.6 is 11.8 Å². The van der Waals surface area contributed by atoms with Crippen LogP contribution in [0.3, 0.4) is 0 Å². The molecule has 0 aliphatic heterocycles. The summed E-state index contributed by atoms with van der Waals surface area (Å²) in [5, 5.41) is 0. The Labute approximate surface area is 486 Å². The van der Waals surface area contributed by atoms with Gasteiger partial charge in [-0.15, -0.1) is 21.9 Å². The number of benzene rings is 10. The maximum absolute atomic E-state index is 15.4. The molecule has 1 unspecified atom stereocenters. The van der Waals surface area contributed by atoms with E-state index in [-0.39, 0.29) is 0 Å². The summed E-state index contributed by atoms with van der Waals surface area (Å²) >= 11 is 1.72. The minimum atomic E-state index is -7.22. The van der Waals surface area contributed by atoms with Gasteiger partial charge in [0.25, 0.3) is 0 Å². The third kappa shape index (κ3) is 11.0. The van der Waals surface area contributed by atoms with E-state index in [1.165, 1.54) is 36.9 Å². The summed E-state index contributed by atoms with van der Waals surface area (Å²) in [6.45, 7) is 0. The van der Waals surface area contributed by atoms with Gasteiger partial charge in [0.15, 0.2) is 85.3 Å². The molecule has 446 valence electrons. The van der Waals surface area contributed by atoms with E-state index < -0.39 is 155 Å². The van der Waals surface area contributed by atoms with Gasteiger partial charge in [-0.05, 0) is 82.9 Å². The molecule has 10 aromatic rings. The topological polar surface area (TPSA) is 18.5 Å². The molecule has 2 nitrogen and oxygen atoms in total. The molecule has 10 aromatic carbocycles. The Bertz CT molecular complexity index is 3900. The van der Waals surface area contributed by atoms with E-state index in [9.17, 15) is 52.7 Å². The van der Waals surface area contributed by atoms with Gasteiger partial charge in [-0.2, -0.15) is 0 Å². The van der Waals surface area contributed by atoms with Crippen LogP contribution in [0.25, 0.3) is 22.3 Å². The van der Waals surface area contributed by atoms with Gasteiger partial charge in [-0.1, -0.05) is 96.7 Å². The summed E-state index contributed by atoms with van der Waals surface area (Å²) < 4.78 is 306. The second kappa shape index (κ2) is 25.2. The van der Waals surface area contributed by atoms with Crippen molar-refractivity contribution in [3.8, 4) is 33.8 Å². The first-order chi connectivity index (χ1) is 41.4. The number of rotatable bonds is 13. The van der Waals surface area contributed by atoms with Crippen molar-refractivity contribution in [2.75, 3.05) is 14.2 Å². The van der Waals surface area contributed by atoms with Crippen LogP contribution in [0.2, 0.25) is 0 Å². The number of hydrogen-bond acceptors (Lipinski definition) is 3. The fraction of sp³-hybridized carbons (Fsp3) is 0.0323. The second-order valence-corrected chi connectivity index (χ2v) is 21.6. The van der Waals surface area contributed by atoms with Crippen molar-refractivity contribution >= 4 is 50.7 Å². The number of para-hydroxylation sites is 1. The lowest BCUT2D eigenvalue weighted by Crippen LogP contribution is -2.81. The molecule has 0 amide bonds. The highest BCUT2D eigenvalue weighted by atomic mass is 32.2. The van der Waals surface area contributed by atoms with Crippen LogP contribution < -0.4 is 31.3 Å². The third-order valence-electron chi connectivity index (χ3n) is 13.8. The van der Waals surface area contributed by atoms with Gasteiger partial charge in [-0.25, -0.2) is 87.8 Å². The molecular weight excluding hydrogens is 1230 g/mol. The minimum absolute atomic E-state index is 0.396. The average Bonchev–Trinajstić information content (AvgIpc) is 0.689. The summed E-state index contributed by atoms with van der Waals surface area (Å²) in [5.41, 5.74) is -9.49. The van der Waals surface area contributed by atoms with E-state index in [0.717, 1.165) is 21.3 Å². The predicted octanol–water partition coefficient (Wildman–Crippen LogP) is 16.1. The number of methoxy groups -OCH3 is 2. The van der Waals surface area contributed by atoms with Crippen molar-refractivity contribution in [1.29, 1.82) is 0 Å². The molecule has 0 radical (unpaired) electrons. The van der Waals surface area contributed by atoms with Crippen LogP contribution in [0, 0.1) is 116 Å². The lowest BCUT2D eigenvalue weighted by Gasteiger charge is -2.44. The number of ether oxygens (including phenoxy) is 2. The van der Waals surface area contributed by atoms with Crippen LogP contribution in [0.4, 0.5) is 87.8 Å². The van der Waals surface area contributed by atoms with Crippen LogP contribution in [0.15, 0.2) is 176 Å². The lowest BCUT2D eigenvalue weighted by molar-refractivity contribution is 0.378. The van der Waals surface area contributed by atoms with E-state index in [1.54, 1.807) is 26.0 Å². The Kier molecular flexibility index (Phi) is 18.2. The Morgan fingerprint density at radius 1 is 0.287 bits per heavy atom. The number of halogens is 20. The first-order valence-corrected chi connectivity index (χ1v) is 26.8. The minimum Gasteiger partial charge on any atom is -0.495 e. The highest BCUT2D eigenvalue weighted by Gasteiger charge is 2.52. The van der Waals surface area contributed by atoms with Gasteiger partial charge in [-0.3, -0.25) is 0 Å².